The molecular weight excluding hydrogens is 448 g/mol. The number of aliphatic hydroxyl groups is 1. The molecule has 1 aromatic heterocycles. The average molecular weight is 478 g/mol. The standard InChI is InChI=1S/C21H28N6O5S/c1-10-16-15(11(2)28)20(30)27(16)17(21(31)32)18(10)33-13-4-14(22-5-13)19(29)25-6-12(7-25)26-9-24(3)8-23-26/h8-16,22,28H,4-7H2,1-3H3/p+1/t10?,11?,13?,14?,15?,16-/m1/s1. The molecule has 3 fully saturated rings. The summed E-state index contributed by atoms with van der Waals surface area (Å²) < 4.78 is 3.74. The lowest BCUT2D eigenvalue weighted by atomic mass is 9.79. The second-order valence-corrected chi connectivity index (χ2v) is 10.8. The van der Waals surface area contributed by atoms with Crippen molar-refractivity contribution >= 4 is 29.5 Å². The van der Waals surface area contributed by atoms with Crippen molar-refractivity contribution in [2.45, 2.75) is 49.7 Å². The number of carboxylic acids is 1. The van der Waals surface area contributed by atoms with E-state index in [4.69, 9.17) is 0 Å². The molecule has 0 spiro atoms. The minimum absolute atomic E-state index is 0.0341. The van der Waals surface area contributed by atoms with E-state index in [1.807, 2.05) is 34.4 Å². The van der Waals surface area contributed by atoms with Crippen LogP contribution >= 0.6 is 11.8 Å². The number of rotatable bonds is 6. The zero-order valence-corrected chi connectivity index (χ0v) is 19.6. The molecule has 6 atom stereocenters. The van der Waals surface area contributed by atoms with Crippen LogP contribution in [-0.4, -0.2) is 90.6 Å². The second kappa shape index (κ2) is 8.10. The van der Waals surface area contributed by atoms with Gasteiger partial charge in [-0.2, -0.15) is 0 Å². The normalized spacial score (nSPS) is 32.6. The zero-order valence-electron chi connectivity index (χ0n) is 18.8. The summed E-state index contributed by atoms with van der Waals surface area (Å²) in [6.07, 6.45) is 3.41. The number of nitrogens with zero attached hydrogens (tertiary/aromatic N) is 5. The minimum Gasteiger partial charge on any atom is -0.477 e. The van der Waals surface area contributed by atoms with Gasteiger partial charge in [0.05, 0.1) is 44.2 Å². The van der Waals surface area contributed by atoms with Crippen LogP contribution in [0.5, 0.6) is 0 Å². The molecule has 0 aromatic carbocycles. The number of fused-ring (bicyclic) bond motifs is 1. The maximum absolute atomic E-state index is 12.9. The number of aromatic nitrogens is 3. The number of carbonyl (C=O) groups excluding carboxylic acids is 2. The highest BCUT2D eigenvalue weighted by Crippen LogP contribution is 2.51. The maximum atomic E-state index is 12.9. The van der Waals surface area contributed by atoms with Gasteiger partial charge in [0.15, 0.2) is 0 Å². The molecule has 5 rings (SSSR count). The van der Waals surface area contributed by atoms with Gasteiger partial charge in [0.2, 0.25) is 18.1 Å². The lowest BCUT2D eigenvalue weighted by molar-refractivity contribution is -0.672. The summed E-state index contributed by atoms with van der Waals surface area (Å²) in [5, 5.41) is 27.4. The molecule has 33 heavy (non-hydrogen) atoms. The molecule has 5 unspecified atom stereocenters. The molecular formula is C21H29N6O5S+. The summed E-state index contributed by atoms with van der Waals surface area (Å²) in [5.41, 5.74) is 0.0344. The smallest absolute Gasteiger partial charge is 0.353 e. The summed E-state index contributed by atoms with van der Waals surface area (Å²) in [5.74, 6) is -2.13. The number of carbonyl (C=O) groups is 3. The van der Waals surface area contributed by atoms with Crippen molar-refractivity contribution < 1.29 is 29.2 Å². The van der Waals surface area contributed by atoms with Gasteiger partial charge in [0.1, 0.15) is 11.7 Å². The Bertz CT molecular complexity index is 1030. The molecule has 0 bridgehead atoms. The van der Waals surface area contributed by atoms with Gasteiger partial charge >= 0.3 is 5.97 Å². The van der Waals surface area contributed by atoms with Gasteiger partial charge in [-0.15, -0.1) is 16.4 Å². The summed E-state index contributed by atoms with van der Waals surface area (Å²) >= 11 is 1.45. The Hall–Kier alpha value is -2.44. The number of hydrogen-bond donors (Lipinski definition) is 3. The van der Waals surface area contributed by atoms with Crippen LogP contribution < -0.4 is 9.88 Å². The molecule has 5 heterocycles. The van der Waals surface area contributed by atoms with E-state index < -0.39 is 18.0 Å². The van der Waals surface area contributed by atoms with Crippen molar-refractivity contribution in [3.8, 4) is 0 Å². The third kappa shape index (κ3) is 3.55. The SMILES string of the molecule is CC(O)C1C(=O)N2C(C(=O)O)=C(SC3CNC(C(=O)N4CC(n5c[n+](C)cn5)C4)C3)C(C)[C@H]12. The first-order chi connectivity index (χ1) is 15.7. The van der Waals surface area contributed by atoms with E-state index in [2.05, 4.69) is 10.4 Å². The Morgan fingerprint density at radius 3 is 2.70 bits per heavy atom. The fourth-order valence-corrected chi connectivity index (χ4v) is 6.92. The zero-order chi connectivity index (χ0) is 23.6. The fourth-order valence-electron chi connectivity index (χ4n) is 5.44. The Morgan fingerprint density at radius 1 is 1.36 bits per heavy atom. The fraction of sp³-hybridized carbons (Fsp3) is 0.667. The molecule has 4 aliphatic rings. The van der Waals surface area contributed by atoms with Gasteiger partial charge in [-0.1, -0.05) is 6.92 Å². The van der Waals surface area contributed by atoms with E-state index in [0.29, 0.717) is 31.0 Å². The number of aliphatic carboxylic acids is 1. The number of β-lactam (4-membered cyclic amide) rings is 1. The first kappa shape index (κ1) is 22.4. The van der Waals surface area contributed by atoms with E-state index in [0.717, 1.165) is 0 Å². The maximum Gasteiger partial charge on any atom is 0.353 e. The molecule has 3 N–H and O–H groups in total. The van der Waals surface area contributed by atoms with Gasteiger partial charge in [-0.3, -0.25) is 9.59 Å². The van der Waals surface area contributed by atoms with E-state index in [-0.39, 0.29) is 46.8 Å². The van der Waals surface area contributed by atoms with Crippen LogP contribution in [0.1, 0.15) is 26.3 Å². The Balaban J connectivity index is 1.21. The lowest BCUT2D eigenvalue weighted by Crippen LogP contribution is -2.63. The topological polar surface area (TPSA) is 132 Å². The summed E-state index contributed by atoms with van der Waals surface area (Å²) in [4.78, 5) is 41.3. The molecule has 0 saturated carbocycles. The van der Waals surface area contributed by atoms with Crippen molar-refractivity contribution in [3.63, 3.8) is 0 Å². The molecule has 12 heteroatoms. The first-order valence-corrected chi connectivity index (χ1v) is 12.1. The average Bonchev–Trinajstić information content (AvgIpc) is 3.40. The number of aliphatic hydroxyl groups excluding tert-OH is 1. The van der Waals surface area contributed by atoms with Crippen LogP contribution in [0.25, 0.3) is 0 Å². The molecule has 1 aromatic rings. The highest BCUT2D eigenvalue weighted by molar-refractivity contribution is 8.03. The van der Waals surface area contributed by atoms with Gasteiger partial charge in [-0.25, -0.2) is 9.36 Å². The van der Waals surface area contributed by atoms with Crippen LogP contribution in [-0.2, 0) is 21.4 Å². The number of thioether (sulfide) groups is 1. The van der Waals surface area contributed by atoms with E-state index in [1.165, 1.54) is 16.7 Å². The highest BCUT2D eigenvalue weighted by Gasteiger charge is 2.60. The molecule has 4 aliphatic heterocycles. The van der Waals surface area contributed by atoms with E-state index in [1.54, 1.807) is 13.3 Å². The predicted molar refractivity (Wildman–Crippen MR) is 116 cm³/mol. The van der Waals surface area contributed by atoms with Crippen molar-refractivity contribution in [3.05, 3.63) is 23.3 Å². The lowest BCUT2D eigenvalue weighted by Gasteiger charge is -2.46. The molecule has 3 saturated heterocycles. The summed E-state index contributed by atoms with van der Waals surface area (Å²) in [6, 6.07) is -0.431. The number of likely N-dealkylation sites (tertiary alicyclic amines) is 1. The van der Waals surface area contributed by atoms with Gasteiger partial charge in [0, 0.05) is 27.7 Å². The second-order valence-electron chi connectivity index (χ2n) is 9.50. The van der Waals surface area contributed by atoms with Crippen LogP contribution in [0.3, 0.4) is 0 Å². The van der Waals surface area contributed by atoms with E-state index >= 15 is 0 Å². The Morgan fingerprint density at radius 2 is 2.09 bits per heavy atom. The predicted octanol–water partition coefficient (Wildman–Crippen LogP) is -1.29. The molecule has 0 aliphatic carbocycles. The third-order valence-corrected chi connectivity index (χ3v) is 8.72. The van der Waals surface area contributed by atoms with E-state index in [9.17, 15) is 24.6 Å². The minimum atomic E-state index is -1.12. The van der Waals surface area contributed by atoms with Crippen molar-refractivity contribution in [1.29, 1.82) is 0 Å². The van der Waals surface area contributed by atoms with Crippen LogP contribution in [0.4, 0.5) is 0 Å². The third-order valence-electron chi connectivity index (χ3n) is 7.21. The van der Waals surface area contributed by atoms with Crippen LogP contribution in [0.2, 0.25) is 0 Å². The summed E-state index contributed by atoms with van der Waals surface area (Å²) in [6.45, 7) is 5.33. The highest BCUT2D eigenvalue weighted by atomic mass is 32.2. The quantitative estimate of drug-likeness (QED) is 0.341. The van der Waals surface area contributed by atoms with Crippen LogP contribution in [0.15, 0.2) is 23.3 Å². The number of amides is 2. The van der Waals surface area contributed by atoms with Gasteiger partial charge in [-0.05, 0) is 13.3 Å². The largest absolute Gasteiger partial charge is 0.477 e. The molecule has 178 valence electrons. The molecule has 11 nitrogen and oxygen atoms in total. The van der Waals surface area contributed by atoms with Crippen molar-refractivity contribution in [1.82, 2.24) is 24.9 Å². The molecule has 2 amide bonds. The Labute approximate surface area is 195 Å². The number of hydrogen-bond acceptors (Lipinski definition) is 7. The first-order valence-electron chi connectivity index (χ1n) is 11.2. The van der Waals surface area contributed by atoms with Crippen molar-refractivity contribution in [2.75, 3.05) is 19.6 Å². The number of aryl methyl sites for hydroxylation is 1. The summed E-state index contributed by atoms with van der Waals surface area (Å²) in [7, 11) is 1.91. The monoisotopic (exact) mass is 477 g/mol. The number of nitrogens with one attached hydrogen (secondary N) is 1. The Kier molecular flexibility index (Phi) is 5.49. The molecule has 0 radical (unpaired) electrons. The van der Waals surface area contributed by atoms with Crippen molar-refractivity contribution in [2.24, 2.45) is 18.9 Å². The van der Waals surface area contributed by atoms with Gasteiger partial charge < -0.3 is 25.3 Å². The van der Waals surface area contributed by atoms with Crippen LogP contribution in [0, 0.1) is 11.8 Å². The van der Waals surface area contributed by atoms with Gasteiger partial charge in [0.25, 0.3) is 6.33 Å². The number of carboxylic acid groups (broad SMARTS) is 1.